The number of hydrogen-bond donors (Lipinski definition) is 0. The second kappa shape index (κ2) is 57.5. The number of esters is 3. The molecular formula is C62H116O6. The Morgan fingerprint density at radius 1 is 0.279 bits per heavy atom. The summed E-state index contributed by atoms with van der Waals surface area (Å²) in [6.45, 7) is 6.56. The van der Waals surface area contributed by atoms with Gasteiger partial charge in [-0.25, -0.2) is 0 Å². The van der Waals surface area contributed by atoms with Crippen LogP contribution in [-0.2, 0) is 28.6 Å². The summed E-state index contributed by atoms with van der Waals surface area (Å²) in [5.41, 5.74) is 0. The molecule has 0 heterocycles. The number of ether oxygens (including phenoxy) is 3. The van der Waals surface area contributed by atoms with Crippen molar-refractivity contribution in [3.8, 4) is 0 Å². The van der Waals surface area contributed by atoms with Crippen molar-refractivity contribution in [3.05, 3.63) is 24.3 Å². The summed E-state index contributed by atoms with van der Waals surface area (Å²) in [4.78, 5) is 37.7. The predicted molar refractivity (Wildman–Crippen MR) is 293 cm³/mol. The molecule has 0 aliphatic heterocycles. The number of unbranched alkanes of at least 4 members (excludes halogenated alkanes) is 41. The molecule has 0 spiro atoms. The largest absolute Gasteiger partial charge is 0.462 e. The van der Waals surface area contributed by atoms with Gasteiger partial charge >= 0.3 is 17.9 Å². The van der Waals surface area contributed by atoms with Crippen LogP contribution in [0.1, 0.15) is 335 Å². The summed E-state index contributed by atoms with van der Waals surface area (Å²) in [7, 11) is 0. The van der Waals surface area contributed by atoms with Gasteiger partial charge in [0.05, 0.1) is 0 Å². The van der Waals surface area contributed by atoms with E-state index in [2.05, 4.69) is 45.1 Å². The second-order valence-electron chi connectivity index (χ2n) is 20.6. The average Bonchev–Trinajstić information content (AvgIpc) is 3.34. The lowest BCUT2D eigenvalue weighted by molar-refractivity contribution is -0.167. The van der Waals surface area contributed by atoms with Crippen LogP contribution in [0.5, 0.6) is 0 Å². The molecule has 1 unspecified atom stereocenters. The van der Waals surface area contributed by atoms with E-state index in [1.165, 1.54) is 225 Å². The molecule has 6 nitrogen and oxygen atoms in total. The molecule has 0 aromatic heterocycles. The Morgan fingerprint density at radius 2 is 0.485 bits per heavy atom. The number of carbonyl (C=O) groups is 3. The van der Waals surface area contributed by atoms with Crippen LogP contribution in [0.2, 0.25) is 0 Å². The van der Waals surface area contributed by atoms with Crippen LogP contribution in [0.15, 0.2) is 24.3 Å². The summed E-state index contributed by atoms with van der Waals surface area (Å²) in [5.74, 6) is -0.879. The van der Waals surface area contributed by atoms with Crippen molar-refractivity contribution in [1.82, 2.24) is 0 Å². The third kappa shape index (κ3) is 54.8. The molecule has 0 amide bonds. The minimum Gasteiger partial charge on any atom is -0.462 e. The first kappa shape index (κ1) is 65.9. The normalized spacial score (nSPS) is 12.1. The Morgan fingerprint density at radius 3 is 0.765 bits per heavy atom. The maximum atomic E-state index is 12.7. The van der Waals surface area contributed by atoms with Crippen LogP contribution in [-0.4, -0.2) is 37.2 Å². The number of carbonyl (C=O) groups excluding carboxylic acids is 3. The third-order valence-corrected chi connectivity index (χ3v) is 13.7. The second-order valence-corrected chi connectivity index (χ2v) is 20.6. The van der Waals surface area contributed by atoms with Gasteiger partial charge in [0.1, 0.15) is 13.2 Å². The van der Waals surface area contributed by atoms with Crippen molar-refractivity contribution in [2.45, 2.75) is 341 Å². The molecular weight excluding hydrogens is 841 g/mol. The van der Waals surface area contributed by atoms with Crippen LogP contribution in [0.25, 0.3) is 0 Å². The Bertz CT molecular complexity index is 1100. The fourth-order valence-electron chi connectivity index (χ4n) is 9.08. The highest BCUT2D eigenvalue weighted by Gasteiger charge is 2.19. The quantitative estimate of drug-likeness (QED) is 0.0262. The van der Waals surface area contributed by atoms with Gasteiger partial charge in [0, 0.05) is 19.3 Å². The van der Waals surface area contributed by atoms with Crippen LogP contribution >= 0.6 is 0 Å². The lowest BCUT2D eigenvalue weighted by atomic mass is 10.0. The maximum absolute atomic E-state index is 12.7. The minimum atomic E-state index is -0.767. The molecule has 0 fully saturated rings. The molecule has 0 rings (SSSR count). The molecule has 0 aromatic carbocycles. The summed E-state index contributed by atoms with van der Waals surface area (Å²) in [5, 5.41) is 0. The third-order valence-electron chi connectivity index (χ3n) is 13.7. The fourth-order valence-corrected chi connectivity index (χ4v) is 9.08. The van der Waals surface area contributed by atoms with Gasteiger partial charge in [-0.05, 0) is 70.6 Å². The van der Waals surface area contributed by atoms with E-state index >= 15 is 0 Å². The van der Waals surface area contributed by atoms with Gasteiger partial charge in [0.2, 0.25) is 0 Å². The number of hydrogen-bond acceptors (Lipinski definition) is 6. The number of rotatable bonds is 56. The predicted octanol–water partition coefficient (Wildman–Crippen LogP) is 20.3. The Kier molecular flexibility index (Phi) is 55.7. The number of allylic oxidation sites excluding steroid dienone is 4. The van der Waals surface area contributed by atoms with E-state index in [-0.39, 0.29) is 31.1 Å². The molecule has 0 N–H and O–H groups in total. The highest BCUT2D eigenvalue weighted by Crippen LogP contribution is 2.17. The standard InChI is InChI=1S/C62H116O6/c1-4-7-10-13-15-17-19-21-22-23-24-25-26-27-28-29-30-31-32-33-34-35-36-37-38-39-40-41-43-44-46-49-52-55-61(64)67-58-59(57-66-60(63)54-51-48-12-9-6-3)68-62(65)56-53-50-47-45-42-20-18-16-14-11-8-5-2/h16,18,23-24,59H,4-15,17,19-22,25-58H2,1-3H3/b18-16-,24-23-. The lowest BCUT2D eigenvalue weighted by Crippen LogP contribution is -2.30. The lowest BCUT2D eigenvalue weighted by Gasteiger charge is -2.18. The van der Waals surface area contributed by atoms with Gasteiger partial charge in [0.15, 0.2) is 6.10 Å². The van der Waals surface area contributed by atoms with Crippen LogP contribution in [0.4, 0.5) is 0 Å². The molecule has 0 aromatic rings. The highest BCUT2D eigenvalue weighted by atomic mass is 16.6. The van der Waals surface area contributed by atoms with Crippen LogP contribution < -0.4 is 0 Å². The zero-order chi connectivity index (χ0) is 49.3. The van der Waals surface area contributed by atoms with Crippen LogP contribution in [0, 0.1) is 0 Å². The van der Waals surface area contributed by atoms with Gasteiger partial charge in [-0.2, -0.15) is 0 Å². The summed E-state index contributed by atoms with van der Waals surface area (Å²) >= 11 is 0. The van der Waals surface area contributed by atoms with Gasteiger partial charge in [-0.15, -0.1) is 0 Å². The first-order valence-electron chi connectivity index (χ1n) is 30.3. The van der Waals surface area contributed by atoms with E-state index in [1.54, 1.807) is 0 Å². The van der Waals surface area contributed by atoms with E-state index in [9.17, 15) is 14.4 Å². The molecule has 0 aliphatic carbocycles. The summed E-state index contributed by atoms with van der Waals surface area (Å²) < 4.78 is 16.7. The van der Waals surface area contributed by atoms with Crippen molar-refractivity contribution >= 4 is 17.9 Å². The molecule has 6 heteroatoms. The first-order chi connectivity index (χ1) is 33.5. The zero-order valence-corrected chi connectivity index (χ0v) is 45.9. The van der Waals surface area contributed by atoms with Crippen molar-refractivity contribution in [2.75, 3.05) is 13.2 Å². The molecule has 68 heavy (non-hydrogen) atoms. The van der Waals surface area contributed by atoms with Crippen molar-refractivity contribution in [1.29, 1.82) is 0 Å². The monoisotopic (exact) mass is 957 g/mol. The highest BCUT2D eigenvalue weighted by molar-refractivity contribution is 5.71. The first-order valence-corrected chi connectivity index (χ1v) is 30.3. The molecule has 0 saturated heterocycles. The fraction of sp³-hybridized carbons (Fsp3) is 0.887. The molecule has 0 radical (unpaired) electrons. The summed E-state index contributed by atoms with van der Waals surface area (Å²) in [6, 6.07) is 0. The van der Waals surface area contributed by atoms with Crippen molar-refractivity contribution < 1.29 is 28.6 Å². The molecule has 0 bridgehead atoms. The Labute approximate surface area is 423 Å². The van der Waals surface area contributed by atoms with E-state index < -0.39 is 6.10 Å². The molecule has 1 atom stereocenters. The van der Waals surface area contributed by atoms with Gasteiger partial charge in [-0.3, -0.25) is 14.4 Å². The Hall–Kier alpha value is -2.11. The van der Waals surface area contributed by atoms with E-state index in [0.29, 0.717) is 19.3 Å². The van der Waals surface area contributed by atoms with Gasteiger partial charge in [-0.1, -0.05) is 270 Å². The van der Waals surface area contributed by atoms with Crippen molar-refractivity contribution in [3.63, 3.8) is 0 Å². The van der Waals surface area contributed by atoms with Gasteiger partial charge < -0.3 is 14.2 Å². The average molecular weight is 958 g/mol. The summed E-state index contributed by atoms with van der Waals surface area (Å²) in [6.07, 6.45) is 68.3. The van der Waals surface area contributed by atoms with E-state index in [1.807, 2.05) is 0 Å². The topological polar surface area (TPSA) is 78.9 Å². The van der Waals surface area contributed by atoms with Crippen molar-refractivity contribution in [2.24, 2.45) is 0 Å². The SMILES string of the molecule is CCCCC/C=C\CCCCCCCC(=O)OC(COC(=O)CCCCCCC)COC(=O)CCCCCCCCCCCCCCCCCCCCCCC/C=C\CCCCCCCCCC. The zero-order valence-electron chi connectivity index (χ0n) is 45.9. The Balaban J connectivity index is 3.83. The van der Waals surface area contributed by atoms with Crippen LogP contribution in [0.3, 0.4) is 0 Å². The van der Waals surface area contributed by atoms with Gasteiger partial charge in [0.25, 0.3) is 0 Å². The molecule has 400 valence electrons. The smallest absolute Gasteiger partial charge is 0.306 e. The maximum Gasteiger partial charge on any atom is 0.306 e. The molecule has 0 saturated carbocycles. The minimum absolute atomic E-state index is 0.0708. The van der Waals surface area contributed by atoms with E-state index in [0.717, 1.165) is 70.6 Å². The molecule has 0 aliphatic rings. The van der Waals surface area contributed by atoms with E-state index in [4.69, 9.17) is 14.2 Å².